The van der Waals surface area contributed by atoms with E-state index in [0.717, 1.165) is 0 Å². The van der Waals surface area contributed by atoms with Crippen LogP contribution < -0.4 is 34.7 Å². The monoisotopic (exact) mass is 211 g/mol. The summed E-state index contributed by atoms with van der Waals surface area (Å²) in [5.74, 6) is -1.29. The van der Waals surface area contributed by atoms with E-state index >= 15 is 0 Å². The molecule has 0 fully saturated rings. The van der Waals surface area contributed by atoms with Gasteiger partial charge in [0.05, 0.1) is 35.6 Å². The fourth-order valence-corrected chi connectivity index (χ4v) is 1.09. The Balaban J connectivity index is 0.00000112. The van der Waals surface area contributed by atoms with Crippen molar-refractivity contribution in [1.29, 1.82) is 0 Å². The number of aromatic amines is 1. The van der Waals surface area contributed by atoms with Crippen molar-refractivity contribution in [3.8, 4) is 11.4 Å². The molecule has 70 valence electrons. The number of carboxylic acid groups (broad SMARTS) is 1. The summed E-state index contributed by atoms with van der Waals surface area (Å²) in [7, 11) is 0. The fourth-order valence-electron chi connectivity index (χ4n) is 1.09. The molecule has 0 saturated heterocycles. The molecule has 0 spiro atoms. The van der Waals surface area contributed by atoms with Crippen LogP contribution in [0.25, 0.3) is 11.4 Å². The molecule has 5 nitrogen and oxygen atoms in total. The zero-order valence-electron chi connectivity index (χ0n) is 8.10. The third-order valence-electron chi connectivity index (χ3n) is 1.73. The van der Waals surface area contributed by atoms with Gasteiger partial charge in [0.25, 0.3) is 0 Å². The minimum Gasteiger partial charge on any atom is -0.543 e. The van der Waals surface area contributed by atoms with E-state index in [9.17, 15) is 9.90 Å². The molecule has 2 aromatic heterocycles. The molecule has 0 aliphatic carbocycles. The van der Waals surface area contributed by atoms with Gasteiger partial charge >= 0.3 is 29.6 Å². The average Bonchev–Trinajstić information content (AvgIpc) is 2.71. The third-order valence-corrected chi connectivity index (χ3v) is 1.73. The number of pyridine rings is 1. The van der Waals surface area contributed by atoms with E-state index in [1.165, 1.54) is 12.4 Å². The van der Waals surface area contributed by atoms with E-state index in [-0.39, 0.29) is 35.3 Å². The van der Waals surface area contributed by atoms with E-state index in [2.05, 4.69) is 15.0 Å². The summed E-state index contributed by atoms with van der Waals surface area (Å²) >= 11 is 0. The summed E-state index contributed by atoms with van der Waals surface area (Å²) in [5, 5.41) is 10.5. The number of aromatic nitrogens is 3. The maximum atomic E-state index is 10.5. The molecule has 0 aliphatic rings. The van der Waals surface area contributed by atoms with Gasteiger partial charge in [-0.05, 0) is 12.1 Å². The van der Waals surface area contributed by atoms with Crippen LogP contribution in [-0.2, 0) is 0 Å². The number of carbonyl (C=O) groups is 1. The Kier molecular flexibility index (Phi) is 4.02. The summed E-state index contributed by atoms with van der Waals surface area (Å²) in [4.78, 5) is 21.1. The Morgan fingerprint density at radius 3 is 2.80 bits per heavy atom. The predicted octanol–water partition coefficient (Wildman–Crippen LogP) is -3.16. The van der Waals surface area contributed by atoms with Crippen LogP contribution in [0, 0.1) is 0 Å². The molecule has 2 rings (SSSR count). The van der Waals surface area contributed by atoms with Crippen LogP contribution in [0.5, 0.6) is 0 Å². The van der Waals surface area contributed by atoms with Gasteiger partial charge in [-0.15, -0.1) is 0 Å². The molecule has 0 aliphatic heterocycles. The van der Waals surface area contributed by atoms with Crippen LogP contribution >= 0.6 is 0 Å². The van der Waals surface area contributed by atoms with Crippen molar-refractivity contribution in [3.05, 3.63) is 36.4 Å². The quantitative estimate of drug-likeness (QED) is 0.531. The van der Waals surface area contributed by atoms with Crippen molar-refractivity contribution in [3.63, 3.8) is 0 Å². The summed E-state index contributed by atoms with van der Waals surface area (Å²) in [6.07, 6.45) is 3.07. The van der Waals surface area contributed by atoms with Gasteiger partial charge < -0.3 is 14.9 Å². The number of carboxylic acids is 1. The van der Waals surface area contributed by atoms with Crippen molar-refractivity contribution in [2.75, 3.05) is 0 Å². The number of hydrogen-bond acceptors (Lipinski definition) is 4. The first kappa shape index (κ1) is 11.9. The number of imidazole rings is 1. The molecule has 0 unspecified atom stereocenters. The molecule has 0 radical (unpaired) electrons. The summed E-state index contributed by atoms with van der Waals surface area (Å²) in [6, 6.07) is 4.68. The minimum atomic E-state index is -1.29. The molecule has 0 amide bonds. The van der Waals surface area contributed by atoms with Gasteiger partial charge in [-0.3, -0.25) is 0 Å². The molecular formula is C9H6N3NaO2. The van der Waals surface area contributed by atoms with E-state index in [1.54, 1.807) is 18.3 Å². The zero-order valence-corrected chi connectivity index (χ0v) is 10.1. The number of carbonyl (C=O) groups excluding carboxylic acids is 1. The fraction of sp³-hybridized carbons (Fsp3) is 0. The number of hydrogen-bond donors (Lipinski definition) is 1. The van der Waals surface area contributed by atoms with E-state index < -0.39 is 5.97 Å². The van der Waals surface area contributed by atoms with Crippen LogP contribution in [0.15, 0.2) is 30.7 Å². The molecule has 2 aromatic rings. The Morgan fingerprint density at radius 1 is 1.40 bits per heavy atom. The van der Waals surface area contributed by atoms with Crippen molar-refractivity contribution in [1.82, 2.24) is 15.0 Å². The summed E-state index contributed by atoms with van der Waals surface area (Å²) < 4.78 is 0. The van der Waals surface area contributed by atoms with Crippen molar-refractivity contribution < 1.29 is 39.5 Å². The van der Waals surface area contributed by atoms with Crippen molar-refractivity contribution >= 4 is 5.97 Å². The SMILES string of the molecule is O=C([O-])c1cccc(-c2cnc[nH]2)n1.[Na+]. The molecule has 2 heterocycles. The summed E-state index contributed by atoms with van der Waals surface area (Å²) in [6.45, 7) is 0. The van der Waals surface area contributed by atoms with Crippen molar-refractivity contribution in [2.45, 2.75) is 0 Å². The smallest absolute Gasteiger partial charge is 0.543 e. The Hall–Kier alpha value is -1.17. The molecular weight excluding hydrogens is 205 g/mol. The Labute approximate surface area is 108 Å². The molecule has 0 atom stereocenters. The molecule has 1 N–H and O–H groups in total. The van der Waals surface area contributed by atoms with Gasteiger partial charge in [-0.2, -0.15) is 0 Å². The first-order valence-corrected chi connectivity index (χ1v) is 3.94. The third kappa shape index (κ3) is 2.65. The largest absolute Gasteiger partial charge is 1.00 e. The minimum absolute atomic E-state index is 0. The van der Waals surface area contributed by atoms with Crippen LogP contribution in [0.4, 0.5) is 0 Å². The van der Waals surface area contributed by atoms with Gasteiger partial charge in [-0.25, -0.2) is 9.97 Å². The second kappa shape index (κ2) is 5.06. The first-order chi connectivity index (χ1) is 6.77. The van der Waals surface area contributed by atoms with E-state index in [4.69, 9.17) is 0 Å². The number of rotatable bonds is 2. The maximum absolute atomic E-state index is 10.5. The van der Waals surface area contributed by atoms with Gasteiger partial charge in [-0.1, -0.05) is 6.07 Å². The van der Waals surface area contributed by atoms with Crippen LogP contribution in [0.2, 0.25) is 0 Å². The van der Waals surface area contributed by atoms with Gasteiger partial charge in [0.15, 0.2) is 0 Å². The van der Waals surface area contributed by atoms with Gasteiger partial charge in [0.1, 0.15) is 0 Å². The van der Waals surface area contributed by atoms with Crippen LogP contribution in [0.3, 0.4) is 0 Å². The normalized spacial score (nSPS) is 9.33. The van der Waals surface area contributed by atoms with Crippen molar-refractivity contribution in [2.24, 2.45) is 0 Å². The molecule has 0 aromatic carbocycles. The van der Waals surface area contributed by atoms with E-state index in [1.807, 2.05) is 0 Å². The predicted molar refractivity (Wildman–Crippen MR) is 46.1 cm³/mol. The topological polar surface area (TPSA) is 81.7 Å². The molecule has 15 heavy (non-hydrogen) atoms. The molecule has 0 saturated carbocycles. The van der Waals surface area contributed by atoms with Crippen LogP contribution in [-0.4, -0.2) is 20.9 Å². The van der Waals surface area contributed by atoms with Gasteiger partial charge in [0, 0.05) is 0 Å². The number of nitrogens with one attached hydrogen (secondary N) is 1. The van der Waals surface area contributed by atoms with E-state index in [0.29, 0.717) is 11.4 Å². The standard InChI is InChI=1S/C9H7N3O2.Na/c13-9(14)7-3-1-2-6(12-7)8-4-10-5-11-8;/h1-5H,(H,10,11)(H,13,14);/q;+1/p-1. The Bertz CT molecular complexity index is 456. The number of nitrogens with zero attached hydrogens (tertiary/aromatic N) is 2. The average molecular weight is 211 g/mol. The van der Waals surface area contributed by atoms with Crippen LogP contribution in [0.1, 0.15) is 10.5 Å². The Morgan fingerprint density at radius 2 is 2.20 bits per heavy atom. The zero-order chi connectivity index (χ0) is 9.97. The van der Waals surface area contributed by atoms with Gasteiger partial charge in [0.2, 0.25) is 0 Å². The second-order valence-corrected chi connectivity index (χ2v) is 2.66. The first-order valence-electron chi connectivity index (χ1n) is 3.94. The molecule has 6 heteroatoms. The maximum Gasteiger partial charge on any atom is 1.00 e. The number of H-pyrrole nitrogens is 1. The summed E-state index contributed by atoms with van der Waals surface area (Å²) in [5.41, 5.74) is 1.12. The second-order valence-electron chi connectivity index (χ2n) is 2.66. The number of aromatic carboxylic acids is 1. The molecule has 0 bridgehead atoms.